The van der Waals surface area contributed by atoms with Crippen LogP contribution in [0.25, 0.3) is 0 Å². The third-order valence-electron chi connectivity index (χ3n) is 2.39. The van der Waals surface area contributed by atoms with Crippen LogP contribution in [0, 0.1) is 25.3 Å². The van der Waals surface area contributed by atoms with Crippen molar-refractivity contribution in [2.75, 3.05) is 19.3 Å². The number of guanidine groups is 1. The van der Waals surface area contributed by atoms with E-state index in [9.17, 15) is 0 Å². The fourth-order valence-corrected chi connectivity index (χ4v) is 2.44. The standard InChI is InChI=1S/C12H19N5OS/c1-9-11(17-10(2)18-9)7-19-6-4-5-15-12(14-3)16-8-13/h4-7H2,1-3H3,(H2,14,15,16). The van der Waals surface area contributed by atoms with Crippen LogP contribution in [0.2, 0.25) is 0 Å². The highest BCUT2D eigenvalue weighted by Crippen LogP contribution is 2.16. The average molecular weight is 281 g/mol. The molecule has 0 aliphatic carbocycles. The van der Waals surface area contributed by atoms with Crippen LogP contribution in [0.5, 0.6) is 0 Å². The van der Waals surface area contributed by atoms with E-state index in [1.165, 1.54) is 0 Å². The summed E-state index contributed by atoms with van der Waals surface area (Å²) in [5.41, 5.74) is 1.03. The lowest BCUT2D eigenvalue weighted by Crippen LogP contribution is -2.35. The van der Waals surface area contributed by atoms with E-state index in [1.807, 2.05) is 31.8 Å². The van der Waals surface area contributed by atoms with E-state index in [0.29, 0.717) is 5.96 Å². The van der Waals surface area contributed by atoms with Crippen LogP contribution in [0.4, 0.5) is 0 Å². The highest BCUT2D eigenvalue weighted by molar-refractivity contribution is 7.98. The first-order valence-electron chi connectivity index (χ1n) is 6.03. The van der Waals surface area contributed by atoms with Crippen LogP contribution in [0.15, 0.2) is 9.41 Å². The summed E-state index contributed by atoms with van der Waals surface area (Å²) in [5, 5.41) is 14.0. The van der Waals surface area contributed by atoms with Gasteiger partial charge in [-0.05, 0) is 19.1 Å². The molecule has 0 aliphatic rings. The third-order valence-corrected chi connectivity index (χ3v) is 3.45. The second-order valence-corrected chi connectivity index (χ2v) is 4.98. The summed E-state index contributed by atoms with van der Waals surface area (Å²) in [6.45, 7) is 4.58. The molecule has 0 fully saturated rings. The second kappa shape index (κ2) is 8.43. The molecular formula is C12H19N5OS. The number of rotatable bonds is 6. The van der Waals surface area contributed by atoms with Gasteiger partial charge in [0.05, 0.1) is 5.69 Å². The number of thioether (sulfide) groups is 1. The van der Waals surface area contributed by atoms with Gasteiger partial charge in [0.25, 0.3) is 0 Å². The van der Waals surface area contributed by atoms with Gasteiger partial charge in [0.2, 0.25) is 5.96 Å². The van der Waals surface area contributed by atoms with Gasteiger partial charge in [-0.25, -0.2) is 4.98 Å². The molecule has 104 valence electrons. The minimum atomic E-state index is 0.510. The molecule has 7 heteroatoms. The minimum Gasteiger partial charge on any atom is -0.446 e. The highest BCUT2D eigenvalue weighted by atomic mass is 32.2. The highest BCUT2D eigenvalue weighted by Gasteiger charge is 2.05. The van der Waals surface area contributed by atoms with Gasteiger partial charge in [-0.15, -0.1) is 0 Å². The lowest BCUT2D eigenvalue weighted by Gasteiger charge is -2.06. The van der Waals surface area contributed by atoms with Crippen molar-refractivity contribution in [1.82, 2.24) is 15.6 Å². The van der Waals surface area contributed by atoms with Crippen molar-refractivity contribution in [1.29, 1.82) is 5.26 Å². The van der Waals surface area contributed by atoms with E-state index in [1.54, 1.807) is 7.05 Å². The number of nitrogens with one attached hydrogen (secondary N) is 2. The van der Waals surface area contributed by atoms with Crippen LogP contribution in [0.3, 0.4) is 0 Å². The molecule has 0 aromatic carbocycles. The number of hydrogen-bond donors (Lipinski definition) is 2. The van der Waals surface area contributed by atoms with Crippen molar-refractivity contribution < 1.29 is 4.42 Å². The number of aromatic nitrogens is 1. The van der Waals surface area contributed by atoms with Crippen molar-refractivity contribution in [2.24, 2.45) is 4.99 Å². The molecule has 0 saturated carbocycles. The maximum Gasteiger partial charge on any atom is 0.204 e. The largest absolute Gasteiger partial charge is 0.446 e. The summed E-state index contributed by atoms with van der Waals surface area (Å²) in [7, 11) is 1.64. The van der Waals surface area contributed by atoms with E-state index in [4.69, 9.17) is 9.68 Å². The fourth-order valence-electron chi connectivity index (χ4n) is 1.49. The summed E-state index contributed by atoms with van der Waals surface area (Å²) >= 11 is 1.82. The molecule has 0 radical (unpaired) electrons. The SMILES string of the molecule is CN=C(NC#N)NCCCSCc1nc(C)oc1C. The Bertz CT molecular complexity index is 463. The fraction of sp³-hybridized carbons (Fsp3) is 0.583. The van der Waals surface area contributed by atoms with E-state index >= 15 is 0 Å². The normalized spacial score (nSPS) is 11.2. The molecule has 0 bridgehead atoms. The van der Waals surface area contributed by atoms with Crippen molar-refractivity contribution in [3.63, 3.8) is 0 Å². The number of aliphatic imine (C=N–C) groups is 1. The molecule has 2 N–H and O–H groups in total. The molecule has 0 aliphatic heterocycles. The molecule has 1 aromatic heterocycles. The molecule has 1 heterocycles. The lowest BCUT2D eigenvalue weighted by atomic mass is 10.4. The van der Waals surface area contributed by atoms with Crippen LogP contribution in [-0.2, 0) is 5.75 Å². The van der Waals surface area contributed by atoms with E-state index in [-0.39, 0.29) is 0 Å². The van der Waals surface area contributed by atoms with E-state index in [0.717, 1.165) is 41.8 Å². The first-order valence-corrected chi connectivity index (χ1v) is 7.19. The van der Waals surface area contributed by atoms with Crippen molar-refractivity contribution in [3.8, 4) is 6.19 Å². The average Bonchev–Trinajstić information content (AvgIpc) is 2.70. The summed E-state index contributed by atoms with van der Waals surface area (Å²) in [6.07, 6.45) is 2.83. The van der Waals surface area contributed by atoms with Crippen LogP contribution in [0.1, 0.15) is 23.8 Å². The van der Waals surface area contributed by atoms with Crippen molar-refractivity contribution in [2.45, 2.75) is 26.0 Å². The van der Waals surface area contributed by atoms with Gasteiger partial charge in [-0.2, -0.15) is 17.0 Å². The van der Waals surface area contributed by atoms with E-state index in [2.05, 4.69) is 20.6 Å². The molecule has 0 spiro atoms. The number of aryl methyl sites for hydroxylation is 2. The number of nitriles is 1. The molecule has 0 saturated heterocycles. The maximum absolute atomic E-state index is 8.46. The second-order valence-electron chi connectivity index (χ2n) is 3.88. The first-order chi connectivity index (χ1) is 9.17. The van der Waals surface area contributed by atoms with Gasteiger partial charge in [0, 0.05) is 26.3 Å². The van der Waals surface area contributed by atoms with Crippen LogP contribution >= 0.6 is 11.8 Å². The summed E-state index contributed by atoms with van der Waals surface area (Å²) in [5.74, 6) is 4.02. The molecule has 0 amide bonds. The zero-order chi connectivity index (χ0) is 14.1. The minimum absolute atomic E-state index is 0.510. The molecule has 6 nitrogen and oxygen atoms in total. The Morgan fingerprint density at radius 1 is 1.53 bits per heavy atom. The summed E-state index contributed by atoms with van der Waals surface area (Å²) in [4.78, 5) is 8.23. The topological polar surface area (TPSA) is 86.2 Å². The Balaban J connectivity index is 2.12. The predicted octanol–water partition coefficient (Wildman–Crippen LogP) is 1.56. The van der Waals surface area contributed by atoms with Gasteiger partial charge < -0.3 is 9.73 Å². The summed E-state index contributed by atoms with van der Waals surface area (Å²) < 4.78 is 5.37. The van der Waals surface area contributed by atoms with Gasteiger partial charge in [-0.3, -0.25) is 10.3 Å². The lowest BCUT2D eigenvalue weighted by molar-refractivity contribution is 0.493. The third kappa shape index (κ3) is 5.66. The molecule has 0 unspecified atom stereocenters. The maximum atomic E-state index is 8.46. The monoisotopic (exact) mass is 281 g/mol. The van der Waals surface area contributed by atoms with Crippen molar-refractivity contribution in [3.05, 3.63) is 17.3 Å². The zero-order valence-electron chi connectivity index (χ0n) is 11.5. The van der Waals surface area contributed by atoms with Gasteiger partial charge in [0.1, 0.15) is 5.76 Å². The Morgan fingerprint density at radius 3 is 2.89 bits per heavy atom. The van der Waals surface area contributed by atoms with Crippen molar-refractivity contribution >= 4 is 17.7 Å². The number of hydrogen-bond acceptors (Lipinski definition) is 5. The van der Waals surface area contributed by atoms with Gasteiger partial charge in [0.15, 0.2) is 12.1 Å². The molecule has 1 aromatic rings. The van der Waals surface area contributed by atoms with Crippen LogP contribution in [-0.4, -0.2) is 30.3 Å². The molecular weight excluding hydrogens is 262 g/mol. The zero-order valence-corrected chi connectivity index (χ0v) is 12.3. The Labute approximate surface area is 117 Å². The quantitative estimate of drug-likeness (QED) is 0.270. The van der Waals surface area contributed by atoms with Gasteiger partial charge in [-0.1, -0.05) is 0 Å². The van der Waals surface area contributed by atoms with Crippen LogP contribution < -0.4 is 10.6 Å². The van der Waals surface area contributed by atoms with Gasteiger partial charge >= 0.3 is 0 Å². The first kappa shape index (κ1) is 15.4. The smallest absolute Gasteiger partial charge is 0.204 e. The Morgan fingerprint density at radius 2 is 2.32 bits per heavy atom. The Hall–Kier alpha value is -1.68. The molecule has 1 rings (SSSR count). The van der Waals surface area contributed by atoms with E-state index < -0.39 is 0 Å². The summed E-state index contributed by atoms with van der Waals surface area (Å²) in [6, 6.07) is 0. The molecule has 19 heavy (non-hydrogen) atoms. The molecule has 0 atom stereocenters. The number of nitrogens with zero attached hydrogens (tertiary/aromatic N) is 3. The number of oxazole rings is 1. The Kier molecular flexibility index (Phi) is 6.82. The predicted molar refractivity (Wildman–Crippen MR) is 76.9 cm³/mol.